The first-order valence-electron chi connectivity index (χ1n) is 0. The van der Waals surface area contributed by atoms with Crippen LogP contribution in [0, 0.1) is 0 Å². The van der Waals surface area contributed by atoms with E-state index in [0.29, 0.717) is 0 Å². The molecule has 0 aromatic heterocycles. The average Bonchev–Trinajstić information content (AvgIpc) is 0. The minimum absolute atomic E-state index is 0. The topological polar surface area (TPSA) is 0 Å². The SMILES string of the molecule is [Au].[Au].[Au].[Au].[Si]. The molecule has 48 valence electrons. The molecule has 0 aromatic rings. The summed E-state index contributed by atoms with van der Waals surface area (Å²) in [6, 6.07) is 0. The van der Waals surface area contributed by atoms with E-state index in [0.717, 1.165) is 0 Å². The van der Waals surface area contributed by atoms with E-state index in [4.69, 9.17) is 0 Å². The summed E-state index contributed by atoms with van der Waals surface area (Å²) in [6.07, 6.45) is 0. The summed E-state index contributed by atoms with van der Waals surface area (Å²) in [5.41, 5.74) is 0. The fourth-order valence-electron chi connectivity index (χ4n) is 0. The molecule has 0 spiro atoms. The Labute approximate surface area is 98.7 Å². The molecule has 0 N–H and O–H groups in total. The van der Waals surface area contributed by atoms with Gasteiger partial charge in [-0.1, -0.05) is 0 Å². The summed E-state index contributed by atoms with van der Waals surface area (Å²) < 4.78 is 0. The summed E-state index contributed by atoms with van der Waals surface area (Å²) in [7, 11) is 0. The van der Waals surface area contributed by atoms with Crippen molar-refractivity contribution in [3.8, 4) is 0 Å². The Morgan fingerprint density at radius 2 is 0.400 bits per heavy atom. The Balaban J connectivity index is 0. The van der Waals surface area contributed by atoms with Crippen molar-refractivity contribution in [1.82, 2.24) is 0 Å². The van der Waals surface area contributed by atoms with Crippen LogP contribution in [0.3, 0.4) is 0 Å². The van der Waals surface area contributed by atoms with Gasteiger partial charge in [0.15, 0.2) is 0 Å². The van der Waals surface area contributed by atoms with Gasteiger partial charge in [0.25, 0.3) is 0 Å². The smallest absolute Gasteiger partial charge is 0 e. The number of rotatable bonds is 0. The van der Waals surface area contributed by atoms with E-state index < -0.39 is 0 Å². The average molecular weight is 816 g/mol. The standard InChI is InChI=1S/4Au.Si. The van der Waals surface area contributed by atoms with Gasteiger partial charge in [-0.2, -0.15) is 0 Å². The maximum atomic E-state index is 0. The van der Waals surface area contributed by atoms with Gasteiger partial charge in [-0.15, -0.1) is 0 Å². The van der Waals surface area contributed by atoms with Crippen molar-refractivity contribution in [2.75, 3.05) is 0 Å². The van der Waals surface area contributed by atoms with Gasteiger partial charge in [-0.25, -0.2) is 0 Å². The molecule has 5 heavy (non-hydrogen) atoms. The van der Waals surface area contributed by atoms with Crippen LogP contribution in [0.4, 0.5) is 0 Å². The zero-order valence-corrected chi connectivity index (χ0v) is 11.4. The summed E-state index contributed by atoms with van der Waals surface area (Å²) in [4.78, 5) is 0. The third kappa shape index (κ3) is 19.1. The molecule has 0 aromatic carbocycles. The van der Waals surface area contributed by atoms with E-state index in [1.54, 1.807) is 0 Å². The maximum absolute atomic E-state index is 0. The predicted octanol–water partition coefficient (Wildman–Crippen LogP) is -0.391. The Morgan fingerprint density at radius 1 is 0.400 bits per heavy atom. The first-order chi connectivity index (χ1) is 0. The normalized spacial score (nSPS) is 0. The van der Waals surface area contributed by atoms with Crippen molar-refractivity contribution in [3.05, 3.63) is 0 Å². The van der Waals surface area contributed by atoms with Crippen LogP contribution >= 0.6 is 0 Å². The molecular formula is Au4Si. The molecule has 0 bridgehead atoms. The van der Waals surface area contributed by atoms with Gasteiger partial charge < -0.3 is 0 Å². The van der Waals surface area contributed by atoms with Crippen LogP contribution in [0.1, 0.15) is 0 Å². The van der Waals surface area contributed by atoms with Crippen LogP contribution in [0.2, 0.25) is 0 Å². The van der Waals surface area contributed by atoms with E-state index in [1.807, 2.05) is 0 Å². The van der Waals surface area contributed by atoms with E-state index in [1.165, 1.54) is 0 Å². The van der Waals surface area contributed by atoms with Crippen LogP contribution in [-0.2, 0) is 89.5 Å². The Hall–Kier alpha value is 3.18. The Kier molecular flexibility index (Phi) is 226. The molecule has 0 nitrogen and oxygen atoms in total. The van der Waals surface area contributed by atoms with Crippen molar-refractivity contribution in [3.63, 3.8) is 0 Å². The van der Waals surface area contributed by atoms with Crippen molar-refractivity contribution in [1.29, 1.82) is 0 Å². The molecule has 0 amide bonds. The van der Waals surface area contributed by atoms with Crippen LogP contribution in [0.15, 0.2) is 0 Å². The minimum Gasteiger partial charge on any atom is 0 e. The van der Waals surface area contributed by atoms with Gasteiger partial charge in [-0.3, -0.25) is 0 Å². The van der Waals surface area contributed by atoms with Gasteiger partial charge in [0, 0.05) is 100 Å². The molecule has 8 radical (unpaired) electrons. The van der Waals surface area contributed by atoms with Gasteiger partial charge in [0.2, 0.25) is 0 Å². The van der Waals surface area contributed by atoms with E-state index in [2.05, 4.69) is 0 Å². The second-order valence-corrected chi connectivity index (χ2v) is 0. The zero-order valence-electron chi connectivity index (χ0n) is 1.71. The molecule has 0 heterocycles. The summed E-state index contributed by atoms with van der Waals surface area (Å²) in [5.74, 6) is 0. The Bertz CT molecular complexity index is 3.61. The quantitative estimate of drug-likeness (QED) is 0.293. The van der Waals surface area contributed by atoms with Crippen molar-refractivity contribution in [2.45, 2.75) is 0 Å². The van der Waals surface area contributed by atoms with Gasteiger partial charge in [-0.05, 0) is 0 Å². The monoisotopic (exact) mass is 816 g/mol. The third-order valence-electron chi connectivity index (χ3n) is 0. The molecule has 0 aliphatic heterocycles. The molecule has 0 rings (SSSR count). The number of hydrogen-bond donors (Lipinski definition) is 0. The van der Waals surface area contributed by atoms with Crippen LogP contribution < -0.4 is 0 Å². The molecule has 0 atom stereocenters. The summed E-state index contributed by atoms with van der Waals surface area (Å²) in [6.45, 7) is 0. The largest absolute Gasteiger partial charge is 0 e. The predicted molar refractivity (Wildman–Crippen MR) is 5.75 cm³/mol. The third-order valence-corrected chi connectivity index (χ3v) is 0. The Morgan fingerprint density at radius 3 is 0.400 bits per heavy atom. The molecular weight excluding hydrogens is 816 g/mol. The molecule has 0 unspecified atom stereocenters. The van der Waals surface area contributed by atoms with E-state index in [-0.39, 0.29) is 100 Å². The zero-order chi connectivity index (χ0) is 0. The first kappa shape index (κ1) is 41.7. The molecule has 0 saturated heterocycles. The second kappa shape index (κ2) is 27.1. The van der Waals surface area contributed by atoms with Crippen LogP contribution in [0.5, 0.6) is 0 Å². The molecule has 5 heteroatoms. The molecule has 0 saturated carbocycles. The van der Waals surface area contributed by atoms with Gasteiger partial charge in [0.05, 0.1) is 0 Å². The fraction of sp³-hybridized carbons (Fsp3) is 0. The fourth-order valence-corrected chi connectivity index (χ4v) is 0. The van der Waals surface area contributed by atoms with Gasteiger partial charge >= 0.3 is 0 Å². The van der Waals surface area contributed by atoms with E-state index >= 15 is 0 Å². The second-order valence-electron chi connectivity index (χ2n) is 0. The van der Waals surface area contributed by atoms with Crippen LogP contribution in [-0.4, -0.2) is 11.0 Å². The van der Waals surface area contributed by atoms with E-state index in [9.17, 15) is 0 Å². The molecule has 0 aliphatic carbocycles. The molecule has 0 fully saturated rings. The molecule has 0 aliphatic rings. The number of hydrogen-bond acceptors (Lipinski definition) is 0. The first-order valence-corrected chi connectivity index (χ1v) is 0. The summed E-state index contributed by atoms with van der Waals surface area (Å²) in [5, 5.41) is 0. The maximum Gasteiger partial charge on any atom is 0 e. The van der Waals surface area contributed by atoms with Crippen molar-refractivity contribution < 1.29 is 89.5 Å². The minimum atomic E-state index is 0. The summed E-state index contributed by atoms with van der Waals surface area (Å²) >= 11 is 0. The van der Waals surface area contributed by atoms with Crippen molar-refractivity contribution >= 4 is 11.0 Å². The van der Waals surface area contributed by atoms with Crippen LogP contribution in [0.25, 0.3) is 0 Å². The van der Waals surface area contributed by atoms with Crippen molar-refractivity contribution in [2.24, 2.45) is 0 Å². The van der Waals surface area contributed by atoms with Gasteiger partial charge in [0.1, 0.15) is 0 Å².